The second kappa shape index (κ2) is 46.5. The number of rotatable bonds is 16. The number of carbonyl (C=O) groups is 2. The van der Waals surface area contributed by atoms with Gasteiger partial charge in [0.05, 0.1) is 60.0 Å². The Kier molecular flexibility index (Phi) is 36.1. The van der Waals surface area contributed by atoms with E-state index in [2.05, 4.69) is 190 Å². The Labute approximate surface area is 799 Å². The minimum atomic E-state index is -0.542. The fourth-order valence-corrected chi connectivity index (χ4v) is 18.6. The summed E-state index contributed by atoms with van der Waals surface area (Å²) in [6.07, 6.45) is 27.1. The number of imidazole rings is 3. The van der Waals surface area contributed by atoms with Gasteiger partial charge in [-0.3, -0.25) is 18.8 Å². The van der Waals surface area contributed by atoms with Gasteiger partial charge in [0, 0.05) is 146 Å². The molecule has 9 aromatic heterocycles. The van der Waals surface area contributed by atoms with Crippen LogP contribution in [0.4, 0.5) is 27.4 Å². The molecule has 6 saturated heterocycles. The van der Waals surface area contributed by atoms with Crippen molar-refractivity contribution in [2.45, 2.75) is 183 Å². The van der Waals surface area contributed by atoms with Crippen LogP contribution in [0.1, 0.15) is 116 Å². The van der Waals surface area contributed by atoms with Crippen LogP contribution in [-0.4, -0.2) is 177 Å². The number of pyridine rings is 3. The number of benzene rings is 3. The van der Waals surface area contributed by atoms with E-state index in [0.29, 0.717) is 18.4 Å². The molecule has 6 aliphatic rings. The predicted molar refractivity (Wildman–Crippen MR) is 494 cm³/mol. The molecule has 3 aromatic carbocycles. The molecule has 7 N–H and O–H groups in total. The summed E-state index contributed by atoms with van der Waals surface area (Å²) in [5.41, 5.74) is 14.0. The van der Waals surface area contributed by atoms with E-state index in [0.717, 1.165) is 166 Å². The van der Waals surface area contributed by atoms with Gasteiger partial charge in [0.1, 0.15) is 26.4 Å². The molecule has 6 aliphatic heterocycles. The minimum Gasteiger partial charge on any atom is -0.813 e. The zero-order valence-corrected chi connectivity index (χ0v) is 78.0. The number of amides is 2. The number of nitrogens with zero attached hydrogens (tertiary/aromatic N) is 30. The molecule has 0 aliphatic carbocycles. The van der Waals surface area contributed by atoms with Crippen LogP contribution < -0.4 is 66.5 Å². The molecule has 12 aromatic rings. The van der Waals surface area contributed by atoms with Gasteiger partial charge in [0.2, 0.25) is 17.8 Å². The van der Waals surface area contributed by atoms with Crippen LogP contribution in [0.15, 0.2) is 264 Å². The van der Waals surface area contributed by atoms with Crippen molar-refractivity contribution in [3.05, 3.63) is 177 Å². The van der Waals surface area contributed by atoms with E-state index in [4.69, 9.17) is 56.5 Å². The number of ether oxygens (including phenoxy) is 5. The topological polar surface area (TPSA) is 505 Å². The van der Waals surface area contributed by atoms with Crippen molar-refractivity contribution in [2.24, 2.45) is 106 Å². The number of anilines is 3. The second-order valence-corrected chi connectivity index (χ2v) is 35.3. The maximum absolute atomic E-state index is 12.6. The number of aromatic nitrogens is 12. The Hall–Kier alpha value is -11.5. The van der Waals surface area contributed by atoms with Crippen LogP contribution in [0.3, 0.4) is 0 Å². The summed E-state index contributed by atoms with van der Waals surface area (Å²) in [6, 6.07) is 33.5. The number of halogens is 1. The van der Waals surface area contributed by atoms with E-state index < -0.39 is 11.2 Å². The smallest absolute Gasteiger partial charge is 0.813 e. The Morgan fingerprint density at radius 3 is 1.27 bits per heavy atom. The maximum atomic E-state index is 12.6. The molecule has 0 bridgehead atoms. The molecule has 15 heterocycles. The molecule has 42 nitrogen and oxygen atoms in total. The maximum Gasteiger partial charge on any atom is 1.00 e. The molecule has 47 heteroatoms. The Bertz CT molecular complexity index is 6020. The molecule has 6 atom stereocenters. The fourth-order valence-electron chi connectivity index (χ4n) is 16.5. The summed E-state index contributed by atoms with van der Waals surface area (Å²) >= 11 is 9.05. The van der Waals surface area contributed by atoms with Crippen molar-refractivity contribution in [1.82, 2.24) is 68.7 Å². The number of nitrogens with one attached hydrogen (secondary N) is 3. The predicted octanol–water partition coefficient (Wildman–Crippen LogP) is 14.9. The molecule has 6 fully saturated rings. The summed E-state index contributed by atoms with van der Waals surface area (Å²) in [5.74, 6) is 7.27. The van der Waals surface area contributed by atoms with Crippen molar-refractivity contribution in [1.29, 1.82) is 5.53 Å². The van der Waals surface area contributed by atoms with E-state index >= 15 is 0 Å². The first-order chi connectivity index (χ1) is 61.4. The van der Waals surface area contributed by atoms with Crippen molar-refractivity contribution in [3.63, 3.8) is 0 Å². The standard InChI is InChI=1S/C29H34N6O3S.C24H26N6OS.C20H28N5O3.C9H6ClN.2CH4.H3N17.Na.H2S/c1-19-23(33-27(36)38-28(2,3)4)29(18-37-19)10-14-34(15-11-29)26-32-17-22(24-30-13-16-35(24)26)39-25-21-8-6-5-7-20(21)9-12-31-25;1-16-20(25)24(15-31-16)7-11-29(12-8-24)23-28-14-19(21-26-10-13-30(21)23)32-22-18-5-3-2-4-17(18)6-9-27-22;1-14-16(23-18(26)28-19(2,3)4)20(13-27-14)6-10-24(11-7-20)17-22-8-5-15-21-9-12-25(15)17;10-9-8-4-2-1-3-7(8)5-6-11-9;;;1-3-5-7-9-11-13-15-17-16-14-12-10-8-6-4-2;;/h5-9,12-13,16-17,19,23H,10-11,14-15,18H2,1-4H3,(H,33,36);2-6,9-10,13-14,16,20H,7-8,11-12,15,25H2,1H3;8-9,12,14,16H,6-7,10-11,13H2,1-4H3,(H,23,26);1-6H;2*1H4;(H3,1,2,5,6,9,10,13,14,17);;1H2/q;;-1;;;;;+1;/p-1/t19-,23+;16-,20+;14-,16+;;;;;;/m000....../s1. The van der Waals surface area contributed by atoms with E-state index in [9.17, 15) is 9.59 Å². The molecule has 0 unspecified atom stereocenters. The quantitative estimate of drug-likeness (QED) is 0.00876. The Morgan fingerprint density at radius 1 is 0.489 bits per heavy atom. The van der Waals surface area contributed by atoms with Crippen LogP contribution in [-0.2, 0) is 37.2 Å². The number of nitrogens with two attached hydrogens (primary N) is 2. The third kappa shape index (κ3) is 25.0. The van der Waals surface area contributed by atoms with Gasteiger partial charge in [-0.2, -0.15) is 5.53 Å². The van der Waals surface area contributed by atoms with Gasteiger partial charge in [0.15, 0.2) is 11.3 Å². The number of fused-ring (bicyclic) bond motifs is 6. The van der Waals surface area contributed by atoms with E-state index in [1.54, 1.807) is 42.1 Å². The number of thiol groups is 1. The zero-order valence-electron chi connectivity index (χ0n) is 72.7. The van der Waals surface area contributed by atoms with Crippen LogP contribution in [0.2, 0.25) is 5.15 Å². The Morgan fingerprint density at radius 2 is 0.855 bits per heavy atom. The number of piperidine rings is 3. The first-order valence-electron chi connectivity index (χ1n) is 41.0. The summed E-state index contributed by atoms with van der Waals surface area (Å²) < 4.78 is 35.0. The van der Waals surface area contributed by atoms with Crippen LogP contribution >= 0.6 is 35.1 Å². The molecule has 0 saturated carbocycles. The summed E-state index contributed by atoms with van der Waals surface area (Å²) in [7, 11) is 0. The second-order valence-electron chi connectivity index (χ2n) is 32.9. The molecule has 3 spiro atoms. The summed E-state index contributed by atoms with van der Waals surface area (Å²) in [4.78, 5) is 75.0. The van der Waals surface area contributed by atoms with E-state index in [1.165, 1.54) is 5.39 Å². The van der Waals surface area contributed by atoms with Crippen LogP contribution in [0.25, 0.3) is 49.3 Å². The molecule has 2 amide bonds. The molecule has 18 rings (SSSR count). The van der Waals surface area contributed by atoms with Gasteiger partial charge < -0.3 is 84.6 Å². The zero-order chi connectivity index (χ0) is 89.1. The largest absolute Gasteiger partial charge is 1.00 e. The van der Waals surface area contributed by atoms with Gasteiger partial charge in [-0.15, -0.1) is 6.20 Å². The Balaban J connectivity index is 0.000000177. The van der Waals surface area contributed by atoms with Gasteiger partial charge in [-0.05, 0) is 214 Å². The number of hydrogen-bond donors (Lipinski definition) is 5. The van der Waals surface area contributed by atoms with Crippen molar-refractivity contribution in [3.8, 4) is 0 Å². The third-order valence-corrected chi connectivity index (χ3v) is 25.1. The normalized spacial score (nSPS) is 19.8. The first kappa shape index (κ1) is 102. The molecular weight excluding hydrogens is 1770 g/mol. The minimum absolute atomic E-state index is 0. The molecule has 686 valence electrons. The van der Waals surface area contributed by atoms with E-state index in [-0.39, 0.29) is 123 Å². The fraction of sp³-hybridized carbons (Fsp3) is 0.440. The first-order valence-corrected chi connectivity index (χ1v) is 43.0. The van der Waals surface area contributed by atoms with Crippen LogP contribution in [0.5, 0.6) is 0 Å². The SMILES string of the molecule is C.C.C[C@@H]1OCC2(CCN(c3nc[c-]c4nccn34)CC2)[C@@H]1NC(=O)OC(C)(C)C.C[C@@H]1OCC2(CCN(c3ncc(Sc4nccc5ccccc45)c4nccn34)CC2)[C@@H]1N.C[C@@H]1OCC2(CCN(c3ncc(Sc4nccc5ccccc45)c4nccn34)CC2)[C@@H]1NC(=O)OC(C)(C)C.Clc1nccc2ccccc12.N=N/N=N/N=N/N=N/N=N/N=N/N=N/N=N/N.[Na+].[SH-]. The van der Waals surface area contributed by atoms with Gasteiger partial charge in [-0.1, -0.05) is 128 Å². The number of carbonyl (C=O) groups excluding carboxylic acids is 2. The average Bonchev–Trinajstić information content (AvgIpc) is 1.65. The summed E-state index contributed by atoms with van der Waals surface area (Å²) in [5, 5.41) is 58.7. The van der Waals surface area contributed by atoms with Crippen molar-refractivity contribution in [2.75, 3.05) is 73.8 Å². The monoisotopic (exact) mass is 1870 g/mol. The third-order valence-electron chi connectivity index (χ3n) is 22.7. The van der Waals surface area contributed by atoms with Crippen molar-refractivity contribution < 1.29 is 62.8 Å². The van der Waals surface area contributed by atoms with Crippen molar-refractivity contribution >= 4 is 128 Å². The van der Waals surface area contributed by atoms with Crippen LogP contribution in [0, 0.1) is 27.8 Å². The molecular formula is C84H106ClN35NaO7S3-. The average molecular weight is 1870 g/mol. The van der Waals surface area contributed by atoms with Gasteiger partial charge in [-0.25, -0.2) is 44.5 Å². The number of hydrogen-bond acceptors (Lipinski definition) is 25. The van der Waals surface area contributed by atoms with E-state index in [1.807, 2.05) is 182 Å². The summed E-state index contributed by atoms with van der Waals surface area (Å²) in [6.45, 7) is 24.6. The molecule has 131 heavy (non-hydrogen) atoms. The van der Waals surface area contributed by atoms with Gasteiger partial charge >= 0.3 is 41.7 Å². The van der Waals surface area contributed by atoms with Gasteiger partial charge in [0.25, 0.3) is 0 Å². The molecule has 0 radical (unpaired) electrons. The number of alkyl carbamates (subject to hydrolysis) is 2.